The Morgan fingerprint density at radius 3 is 2.91 bits per heavy atom. The van der Waals surface area contributed by atoms with Gasteiger partial charge >= 0.3 is 5.97 Å². The van der Waals surface area contributed by atoms with Crippen LogP contribution in [0.15, 0.2) is 43.1 Å². The van der Waals surface area contributed by atoms with Gasteiger partial charge in [-0.15, -0.1) is 6.58 Å². The molecule has 7 heteroatoms. The number of carboxylic acid groups (broad SMARTS) is 1. The lowest BCUT2D eigenvalue weighted by atomic mass is 10.2. The molecule has 122 valence electrons. The zero-order valence-corrected chi connectivity index (χ0v) is 13.1. The fraction of sp³-hybridized carbons (Fsp3) is 0.250. The summed E-state index contributed by atoms with van der Waals surface area (Å²) in [6.45, 7) is 3.57. The molecular weight excluding hydrogens is 320 g/mol. The molecule has 0 spiro atoms. The van der Waals surface area contributed by atoms with E-state index in [9.17, 15) is 9.59 Å². The Balaban J connectivity index is 2.03. The fourth-order valence-electron chi connectivity index (χ4n) is 2.13. The van der Waals surface area contributed by atoms with Gasteiger partial charge in [-0.05, 0) is 23.6 Å². The Morgan fingerprint density at radius 2 is 2.22 bits per heavy atom. The van der Waals surface area contributed by atoms with Crippen LogP contribution in [0.5, 0.6) is 0 Å². The van der Waals surface area contributed by atoms with Gasteiger partial charge in [0.25, 0.3) is 0 Å². The zero-order chi connectivity index (χ0) is 16.8. The molecule has 0 aliphatic carbocycles. The maximum atomic E-state index is 12.1. The van der Waals surface area contributed by atoms with E-state index in [0.717, 1.165) is 10.9 Å². The monoisotopic (exact) mass is 336 g/mol. The van der Waals surface area contributed by atoms with Crippen LogP contribution in [0.2, 0.25) is 5.02 Å². The molecule has 0 saturated carbocycles. The van der Waals surface area contributed by atoms with Crippen molar-refractivity contribution in [3.63, 3.8) is 0 Å². The van der Waals surface area contributed by atoms with Crippen LogP contribution in [0.25, 0.3) is 10.9 Å². The molecule has 1 unspecified atom stereocenters. The molecule has 2 aromatic rings. The molecule has 6 nitrogen and oxygen atoms in total. The minimum atomic E-state index is -1.15. The van der Waals surface area contributed by atoms with Gasteiger partial charge in [0.05, 0.1) is 13.2 Å². The molecule has 1 heterocycles. The normalized spacial score (nSPS) is 12.0. The van der Waals surface area contributed by atoms with Gasteiger partial charge in [0, 0.05) is 16.7 Å². The van der Waals surface area contributed by atoms with Crippen LogP contribution < -0.4 is 5.32 Å². The average molecular weight is 337 g/mol. The molecule has 0 fully saturated rings. The lowest BCUT2D eigenvalue weighted by Crippen LogP contribution is -2.45. The van der Waals surface area contributed by atoms with Crippen LogP contribution in [0.1, 0.15) is 0 Å². The highest BCUT2D eigenvalue weighted by molar-refractivity contribution is 6.31. The molecule has 0 aliphatic heterocycles. The number of aromatic nitrogens is 1. The van der Waals surface area contributed by atoms with Gasteiger partial charge in [-0.25, -0.2) is 4.79 Å². The maximum Gasteiger partial charge on any atom is 0.328 e. The van der Waals surface area contributed by atoms with E-state index in [-0.39, 0.29) is 19.8 Å². The number of hydrogen-bond acceptors (Lipinski definition) is 3. The van der Waals surface area contributed by atoms with E-state index in [1.54, 1.807) is 22.9 Å². The summed E-state index contributed by atoms with van der Waals surface area (Å²) in [6, 6.07) is 6.14. The van der Waals surface area contributed by atoms with E-state index in [2.05, 4.69) is 11.9 Å². The number of halogens is 1. The van der Waals surface area contributed by atoms with Gasteiger partial charge in [-0.3, -0.25) is 4.79 Å². The van der Waals surface area contributed by atoms with Crippen LogP contribution in [-0.4, -0.2) is 40.8 Å². The van der Waals surface area contributed by atoms with Crippen molar-refractivity contribution < 1.29 is 19.4 Å². The molecule has 0 radical (unpaired) electrons. The number of carbonyl (C=O) groups excluding carboxylic acids is 1. The minimum Gasteiger partial charge on any atom is -0.480 e. The van der Waals surface area contributed by atoms with Crippen molar-refractivity contribution >= 4 is 34.4 Å². The molecule has 0 saturated heterocycles. The molecule has 2 N–H and O–H groups in total. The Kier molecular flexibility index (Phi) is 5.78. The van der Waals surface area contributed by atoms with Crippen molar-refractivity contribution in [3.8, 4) is 0 Å². The number of nitrogens with zero attached hydrogens (tertiary/aromatic N) is 1. The number of ether oxygens (including phenoxy) is 1. The van der Waals surface area contributed by atoms with Crippen molar-refractivity contribution in [1.82, 2.24) is 9.88 Å². The van der Waals surface area contributed by atoms with Gasteiger partial charge in [0.1, 0.15) is 6.54 Å². The summed E-state index contributed by atoms with van der Waals surface area (Å²) >= 11 is 5.96. The molecule has 1 aromatic carbocycles. The second-order valence-electron chi connectivity index (χ2n) is 4.93. The highest BCUT2D eigenvalue weighted by Gasteiger charge is 2.20. The van der Waals surface area contributed by atoms with Crippen LogP contribution in [-0.2, 0) is 20.9 Å². The number of amides is 1. The van der Waals surface area contributed by atoms with Crippen LogP contribution in [0, 0.1) is 0 Å². The number of fused-ring (bicyclic) bond motifs is 1. The predicted octanol–water partition coefficient (Wildman–Crippen LogP) is 2.07. The van der Waals surface area contributed by atoms with Gasteiger partial charge < -0.3 is 19.7 Å². The first-order chi connectivity index (χ1) is 11.0. The quantitative estimate of drug-likeness (QED) is 0.571. The molecule has 0 bridgehead atoms. The van der Waals surface area contributed by atoms with Gasteiger partial charge in [0.15, 0.2) is 6.04 Å². The smallest absolute Gasteiger partial charge is 0.328 e. The number of benzene rings is 1. The third-order valence-electron chi connectivity index (χ3n) is 3.20. The first-order valence-corrected chi connectivity index (χ1v) is 7.34. The van der Waals surface area contributed by atoms with Crippen molar-refractivity contribution in [1.29, 1.82) is 0 Å². The summed E-state index contributed by atoms with van der Waals surface area (Å²) in [5, 5.41) is 13.1. The summed E-state index contributed by atoms with van der Waals surface area (Å²) in [5.74, 6) is -1.57. The summed E-state index contributed by atoms with van der Waals surface area (Å²) in [4.78, 5) is 23.2. The number of carbonyl (C=O) groups is 2. The Morgan fingerprint density at radius 1 is 1.43 bits per heavy atom. The highest BCUT2D eigenvalue weighted by atomic mass is 35.5. The predicted molar refractivity (Wildman–Crippen MR) is 87.5 cm³/mol. The Labute approximate surface area is 138 Å². The van der Waals surface area contributed by atoms with E-state index >= 15 is 0 Å². The first-order valence-electron chi connectivity index (χ1n) is 6.96. The summed E-state index contributed by atoms with van der Waals surface area (Å²) < 4.78 is 6.80. The standard InChI is InChI=1S/C16H17ClN2O4/c1-2-7-23-10-13(16(21)22)18-15(20)9-19-6-5-11-3-4-12(17)8-14(11)19/h2-6,8,13H,1,7,9-10H2,(H,18,20)(H,21,22). The zero-order valence-electron chi connectivity index (χ0n) is 12.4. The maximum absolute atomic E-state index is 12.1. The number of hydrogen-bond donors (Lipinski definition) is 2. The van der Waals surface area contributed by atoms with E-state index in [0.29, 0.717) is 5.02 Å². The molecule has 0 aliphatic rings. The van der Waals surface area contributed by atoms with Gasteiger partial charge in [-0.2, -0.15) is 0 Å². The molecular formula is C16H17ClN2O4. The second-order valence-corrected chi connectivity index (χ2v) is 5.37. The summed E-state index contributed by atoms with van der Waals surface area (Å²) in [6.07, 6.45) is 3.26. The number of rotatable bonds is 8. The lowest BCUT2D eigenvalue weighted by Gasteiger charge is -2.15. The molecule has 1 aromatic heterocycles. The van der Waals surface area contributed by atoms with E-state index in [4.69, 9.17) is 21.4 Å². The molecule has 2 rings (SSSR count). The first kappa shape index (κ1) is 17.1. The van der Waals surface area contributed by atoms with Crippen LogP contribution >= 0.6 is 11.6 Å². The Hall–Kier alpha value is -2.31. The molecule has 1 amide bonds. The van der Waals surface area contributed by atoms with E-state index in [1.165, 1.54) is 6.08 Å². The Bertz CT molecular complexity index is 726. The van der Waals surface area contributed by atoms with Crippen LogP contribution in [0.3, 0.4) is 0 Å². The highest BCUT2D eigenvalue weighted by Crippen LogP contribution is 2.20. The molecule has 1 atom stereocenters. The lowest BCUT2D eigenvalue weighted by molar-refractivity contribution is -0.143. The second kappa shape index (κ2) is 7.80. The fourth-order valence-corrected chi connectivity index (χ4v) is 2.30. The van der Waals surface area contributed by atoms with Crippen LogP contribution in [0.4, 0.5) is 0 Å². The van der Waals surface area contributed by atoms with Gasteiger partial charge in [-0.1, -0.05) is 23.7 Å². The van der Waals surface area contributed by atoms with Crippen molar-refractivity contribution in [2.75, 3.05) is 13.2 Å². The van der Waals surface area contributed by atoms with Crippen molar-refractivity contribution in [2.45, 2.75) is 12.6 Å². The number of carboxylic acids is 1. The van der Waals surface area contributed by atoms with Gasteiger partial charge in [0.2, 0.25) is 5.91 Å². The largest absolute Gasteiger partial charge is 0.480 e. The van der Waals surface area contributed by atoms with E-state index < -0.39 is 17.9 Å². The third kappa shape index (κ3) is 4.58. The molecule has 23 heavy (non-hydrogen) atoms. The SMILES string of the molecule is C=CCOCC(NC(=O)Cn1ccc2ccc(Cl)cc21)C(=O)O. The van der Waals surface area contributed by atoms with Crippen molar-refractivity contribution in [3.05, 3.63) is 48.1 Å². The minimum absolute atomic E-state index is 0.00488. The van der Waals surface area contributed by atoms with E-state index in [1.807, 2.05) is 12.1 Å². The van der Waals surface area contributed by atoms with Crippen molar-refractivity contribution in [2.24, 2.45) is 0 Å². The average Bonchev–Trinajstić information content (AvgIpc) is 2.88. The summed E-state index contributed by atoms with van der Waals surface area (Å²) in [5.41, 5.74) is 0.808. The summed E-state index contributed by atoms with van der Waals surface area (Å²) in [7, 11) is 0. The number of nitrogens with one attached hydrogen (secondary N) is 1. The topological polar surface area (TPSA) is 80.6 Å². The third-order valence-corrected chi connectivity index (χ3v) is 3.44. The number of aliphatic carboxylic acids is 1.